The first-order chi connectivity index (χ1) is 7.00. The van der Waals surface area contributed by atoms with E-state index < -0.39 is 0 Å². The summed E-state index contributed by atoms with van der Waals surface area (Å²) in [4.78, 5) is 15.2. The lowest BCUT2D eigenvalue weighted by molar-refractivity contribution is -0.129. The lowest BCUT2D eigenvalue weighted by atomic mass is 9.96. The van der Waals surface area contributed by atoms with Crippen molar-refractivity contribution in [1.82, 2.24) is 9.80 Å². The first-order valence-corrected chi connectivity index (χ1v) is 5.61. The number of hydrogen-bond donors (Lipinski definition) is 1. The lowest BCUT2D eigenvalue weighted by Gasteiger charge is -2.34. The zero-order valence-corrected chi connectivity index (χ0v) is 9.94. The zero-order valence-electron chi connectivity index (χ0n) is 9.94. The molecule has 1 rings (SSSR count). The molecule has 2 atom stereocenters. The van der Waals surface area contributed by atoms with Gasteiger partial charge in [-0.05, 0) is 18.9 Å². The van der Waals surface area contributed by atoms with E-state index >= 15 is 0 Å². The van der Waals surface area contributed by atoms with E-state index in [1.165, 1.54) is 0 Å². The molecule has 0 spiro atoms. The molecule has 0 bridgehead atoms. The van der Waals surface area contributed by atoms with Gasteiger partial charge in [0.05, 0.1) is 6.10 Å². The summed E-state index contributed by atoms with van der Waals surface area (Å²) in [5.41, 5.74) is 0. The number of nitrogens with zero attached hydrogens (tertiary/aromatic N) is 2. The minimum Gasteiger partial charge on any atom is -0.392 e. The van der Waals surface area contributed by atoms with E-state index in [0.717, 1.165) is 19.5 Å². The SMILES string of the molecule is CC1CCN(CCC(=O)N(C)C)CC1O. The molecule has 88 valence electrons. The molecule has 1 aliphatic heterocycles. The van der Waals surface area contributed by atoms with Crippen LogP contribution in [0.15, 0.2) is 0 Å². The zero-order chi connectivity index (χ0) is 11.4. The fourth-order valence-electron chi connectivity index (χ4n) is 1.79. The van der Waals surface area contributed by atoms with Crippen molar-refractivity contribution in [3.05, 3.63) is 0 Å². The number of piperidine rings is 1. The Morgan fingerprint density at radius 2 is 2.20 bits per heavy atom. The minimum absolute atomic E-state index is 0.156. The fraction of sp³-hybridized carbons (Fsp3) is 0.909. The largest absolute Gasteiger partial charge is 0.392 e. The van der Waals surface area contributed by atoms with Gasteiger partial charge in [0.1, 0.15) is 0 Å². The predicted molar refractivity (Wildman–Crippen MR) is 59.5 cm³/mol. The maximum absolute atomic E-state index is 11.4. The molecule has 1 N–H and O–H groups in total. The van der Waals surface area contributed by atoms with Crippen molar-refractivity contribution < 1.29 is 9.90 Å². The molecular formula is C11H22N2O2. The van der Waals surface area contributed by atoms with E-state index in [1.54, 1.807) is 19.0 Å². The first-order valence-electron chi connectivity index (χ1n) is 5.61. The van der Waals surface area contributed by atoms with Crippen LogP contribution < -0.4 is 0 Å². The van der Waals surface area contributed by atoms with Gasteiger partial charge in [-0.15, -0.1) is 0 Å². The van der Waals surface area contributed by atoms with Gasteiger partial charge in [0.15, 0.2) is 0 Å². The Morgan fingerprint density at radius 1 is 1.53 bits per heavy atom. The standard InChI is InChI=1S/C11H22N2O2/c1-9-4-6-13(8-10(9)14)7-5-11(15)12(2)3/h9-10,14H,4-8H2,1-3H3. The number of hydrogen-bond acceptors (Lipinski definition) is 3. The predicted octanol–water partition coefficient (Wildman–Crippen LogP) is 0.167. The first kappa shape index (κ1) is 12.5. The normalized spacial score (nSPS) is 27.7. The second kappa shape index (κ2) is 5.47. The van der Waals surface area contributed by atoms with Gasteiger partial charge in [0.25, 0.3) is 0 Å². The minimum atomic E-state index is -0.229. The molecule has 15 heavy (non-hydrogen) atoms. The fourth-order valence-corrected chi connectivity index (χ4v) is 1.79. The van der Waals surface area contributed by atoms with Crippen LogP contribution in [0.5, 0.6) is 0 Å². The molecule has 1 aliphatic rings. The molecule has 1 saturated heterocycles. The molecule has 0 aromatic heterocycles. The van der Waals surface area contributed by atoms with Crippen molar-refractivity contribution in [3.8, 4) is 0 Å². The number of aliphatic hydroxyl groups excluding tert-OH is 1. The van der Waals surface area contributed by atoms with Gasteiger partial charge >= 0.3 is 0 Å². The molecule has 0 saturated carbocycles. The number of rotatable bonds is 3. The summed E-state index contributed by atoms with van der Waals surface area (Å²) in [6.45, 7) is 4.55. The van der Waals surface area contributed by atoms with Crippen LogP contribution in [0.1, 0.15) is 19.8 Å². The Bertz CT molecular complexity index is 219. The average molecular weight is 214 g/mol. The van der Waals surface area contributed by atoms with Crippen LogP contribution in [0.4, 0.5) is 0 Å². The number of amides is 1. The van der Waals surface area contributed by atoms with Crippen LogP contribution in [-0.4, -0.2) is 60.6 Å². The molecule has 1 amide bonds. The summed E-state index contributed by atoms with van der Waals surface area (Å²) in [6.07, 6.45) is 1.35. The van der Waals surface area contributed by atoms with Crippen LogP contribution in [0, 0.1) is 5.92 Å². The van der Waals surface area contributed by atoms with Gasteiger partial charge in [-0.3, -0.25) is 4.79 Å². The van der Waals surface area contributed by atoms with Gasteiger partial charge < -0.3 is 14.9 Å². The highest BCUT2D eigenvalue weighted by Crippen LogP contribution is 2.16. The van der Waals surface area contributed by atoms with Crippen molar-refractivity contribution in [2.24, 2.45) is 5.92 Å². The molecule has 1 heterocycles. The molecule has 0 radical (unpaired) electrons. The molecule has 0 aromatic carbocycles. The molecule has 0 aromatic rings. The van der Waals surface area contributed by atoms with Crippen molar-refractivity contribution >= 4 is 5.91 Å². The van der Waals surface area contributed by atoms with E-state index in [0.29, 0.717) is 18.9 Å². The Labute approximate surface area is 91.9 Å². The number of carbonyl (C=O) groups excluding carboxylic acids is 1. The van der Waals surface area contributed by atoms with E-state index in [9.17, 15) is 9.90 Å². The Hall–Kier alpha value is -0.610. The smallest absolute Gasteiger partial charge is 0.223 e. The van der Waals surface area contributed by atoms with Crippen LogP contribution >= 0.6 is 0 Å². The summed E-state index contributed by atoms with van der Waals surface area (Å²) < 4.78 is 0. The second-order valence-electron chi connectivity index (χ2n) is 4.67. The quantitative estimate of drug-likeness (QED) is 0.728. The average Bonchev–Trinajstić information content (AvgIpc) is 2.19. The molecule has 4 nitrogen and oxygen atoms in total. The maximum Gasteiger partial charge on any atom is 0.223 e. The highest BCUT2D eigenvalue weighted by molar-refractivity contribution is 5.75. The van der Waals surface area contributed by atoms with Gasteiger partial charge in [0.2, 0.25) is 5.91 Å². The molecule has 1 fully saturated rings. The second-order valence-corrected chi connectivity index (χ2v) is 4.67. The van der Waals surface area contributed by atoms with Crippen LogP contribution in [0.3, 0.4) is 0 Å². The van der Waals surface area contributed by atoms with Crippen LogP contribution in [-0.2, 0) is 4.79 Å². The Kier molecular flexibility index (Phi) is 4.54. The lowest BCUT2D eigenvalue weighted by Crippen LogP contribution is -2.44. The van der Waals surface area contributed by atoms with Crippen molar-refractivity contribution in [3.63, 3.8) is 0 Å². The number of likely N-dealkylation sites (tertiary alicyclic amines) is 1. The summed E-state index contributed by atoms with van der Waals surface area (Å²) >= 11 is 0. The number of β-amino-alcohol motifs (C(OH)–C–C–N with tert-alkyl or cyclic N) is 1. The summed E-state index contributed by atoms with van der Waals surface area (Å²) in [5.74, 6) is 0.550. The maximum atomic E-state index is 11.4. The highest BCUT2D eigenvalue weighted by atomic mass is 16.3. The molecule has 4 heteroatoms. The van der Waals surface area contributed by atoms with Gasteiger partial charge in [-0.25, -0.2) is 0 Å². The van der Waals surface area contributed by atoms with Crippen molar-refractivity contribution in [2.75, 3.05) is 33.7 Å². The van der Waals surface area contributed by atoms with Crippen LogP contribution in [0.25, 0.3) is 0 Å². The third kappa shape index (κ3) is 3.80. The van der Waals surface area contributed by atoms with Crippen molar-refractivity contribution in [1.29, 1.82) is 0 Å². The molecule has 0 aliphatic carbocycles. The topological polar surface area (TPSA) is 43.8 Å². The van der Waals surface area contributed by atoms with Crippen LogP contribution in [0.2, 0.25) is 0 Å². The van der Waals surface area contributed by atoms with Gasteiger partial charge in [-0.1, -0.05) is 6.92 Å². The van der Waals surface area contributed by atoms with Crippen molar-refractivity contribution in [2.45, 2.75) is 25.9 Å². The third-order valence-corrected chi connectivity index (χ3v) is 3.14. The van der Waals surface area contributed by atoms with E-state index in [-0.39, 0.29) is 12.0 Å². The van der Waals surface area contributed by atoms with E-state index in [4.69, 9.17) is 0 Å². The molecular weight excluding hydrogens is 192 g/mol. The van der Waals surface area contributed by atoms with Gasteiger partial charge in [0, 0.05) is 33.6 Å². The molecule has 2 unspecified atom stereocenters. The highest BCUT2D eigenvalue weighted by Gasteiger charge is 2.24. The monoisotopic (exact) mass is 214 g/mol. The number of carbonyl (C=O) groups is 1. The van der Waals surface area contributed by atoms with E-state index in [2.05, 4.69) is 11.8 Å². The van der Waals surface area contributed by atoms with E-state index in [1.807, 2.05) is 0 Å². The van der Waals surface area contributed by atoms with Gasteiger partial charge in [-0.2, -0.15) is 0 Å². The number of aliphatic hydroxyl groups is 1. The Balaban J connectivity index is 2.25. The summed E-state index contributed by atoms with van der Waals surface area (Å²) in [6, 6.07) is 0. The Morgan fingerprint density at radius 3 is 2.73 bits per heavy atom. The summed E-state index contributed by atoms with van der Waals surface area (Å²) in [5, 5.41) is 9.69. The third-order valence-electron chi connectivity index (χ3n) is 3.14. The summed E-state index contributed by atoms with van der Waals surface area (Å²) in [7, 11) is 3.55.